The zero-order valence-corrected chi connectivity index (χ0v) is 11.0. The van der Waals surface area contributed by atoms with E-state index in [1.807, 2.05) is 6.07 Å². The molecule has 0 N–H and O–H groups in total. The lowest BCUT2D eigenvalue weighted by molar-refractivity contribution is -0.137. The van der Waals surface area contributed by atoms with Crippen molar-refractivity contribution in [1.82, 2.24) is 0 Å². The van der Waals surface area contributed by atoms with E-state index >= 15 is 0 Å². The monoisotopic (exact) mass is 291 g/mol. The summed E-state index contributed by atoms with van der Waals surface area (Å²) in [6, 6.07) is 13.0. The normalized spacial score (nSPS) is 14.4. The molecule has 21 heavy (non-hydrogen) atoms. The van der Waals surface area contributed by atoms with Crippen LogP contribution < -0.4 is 4.90 Å². The maximum Gasteiger partial charge on any atom is 0.418 e. The van der Waals surface area contributed by atoms with Crippen molar-refractivity contribution in [3.05, 3.63) is 65.2 Å². The molecular formula is C16H12F3NO. The van der Waals surface area contributed by atoms with Crippen molar-refractivity contribution in [1.29, 1.82) is 0 Å². The first kappa shape index (κ1) is 13.7. The molecule has 0 saturated carbocycles. The molecule has 0 bridgehead atoms. The van der Waals surface area contributed by atoms with Crippen LogP contribution in [0.4, 0.5) is 18.9 Å². The first-order valence-corrected chi connectivity index (χ1v) is 6.50. The molecule has 0 aliphatic carbocycles. The third-order valence-corrected chi connectivity index (χ3v) is 3.52. The van der Waals surface area contributed by atoms with Crippen LogP contribution >= 0.6 is 0 Å². The summed E-state index contributed by atoms with van der Waals surface area (Å²) in [5, 5.41) is 0. The molecule has 1 aliphatic heterocycles. The molecule has 108 valence electrons. The number of alkyl halides is 3. The molecule has 0 saturated heterocycles. The second kappa shape index (κ2) is 4.91. The Morgan fingerprint density at radius 1 is 1.00 bits per heavy atom. The molecule has 0 aromatic heterocycles. The number of halogens is 3. The van der Waals surface area contributed by atoms with Crippen molar-refractivity contribution >= 4 is 11.6 Å². The minimum Gasteiger partial charge on any atom is -0.307 e. The van der Waals surface area contributed by atoms with Gasteiger partial charge in [-0.15, -0.1) is 0 Å². The summed E-state index contributed by atoms with van der Waals surface area (Å²) in [5.74, 6) is -0.300. The fourth-order valence-electron chi connectivity index (χ4n) is 2.60. The number of carbonyl (C=O) groups excluding carboxylic acids is 1. The molecule has 5 heteroatoms. The van der Waals surface area contributed by atoms with Gasteiger partial charge in [0.05, 0.1) is 24.2 Å². The molecule has 1 heterocycles. The molecule has 2 aromatic carbocycles. The van der Waals surface area contributed by atoms with Crippen LogP contribution in [0.15, 0.2) is 48.5 Å². The number of amides is 1. The zero-order chi connectivity index (χ0) is 15.0. The van der Waals surface area contributed by atoms with Gasteiger partial charge in [0.15, 0.2) is 0 Å². The third kappa shape index (κ3) is 2.51. The lowest BCUT2D eigenvalue weighted by Gasteiger charge is -2.21. The van der Waals surface area contributed by atoms with Gasteiger partial charge in [0.1, 0.15) is 0 Å². The van der Waals surface area contributed by atoms with Crippen LogP contribution in [0, 0.1) is 0 Å². The first-order chi connectivity index (χ1) is 9.97. The molecule has 3 rings (SSSR count). The van der Waals surface area contributed by atoms with Gasteiger partial charge in [-0.2, -0.15) is 13.2 Å². The summed E-state index contributed by atoms with van der Waals surface area (Å²) in [7, 11) is 0. The van der Waals surface area contributed by atoms with Crippen molar-refractivity contribution in [2.24, 2.45) is 0 Å². The van der Waals surface area contributed by atoms with Gasteiger partial charge >= 0.3 is 6.18 Å². The Labute approximate surface area is 119 Å². The largest absolute Gasteiger partial charge is 0.418 e. The molecule has 0 fully saturated rings. The highest BCUT2D eigenvalue weighted by Crippen LogP contribution is 2.42. The summed E-state index contributed by atoms with van der Waals surface area (Å²) >= 11 is 0. The Bertz CT molecular complexity index is 680. The number of hydrogen-bond acceptors (Lipinski definition) is 1. The minimum absolute atomic E-state index is 0.00106. The summed E-state index contributed by atoms with van der Waals surface area (Å²) < 4.78 is 39.4. The summed E-state index contributed by atoms with van der Waals surface area (Å²) in [6.45, 7) is 0.153. The van der Waals surface area contributed by atoms with Crippen LogP contribution in [0.25, 0.3) is 0 Å². The lowest BCUT2D eigenvalue weighted by atomic mass is 10.1. The molecule has 0 spiro atoms. The Kier molecular flexibility index (Phi) is 3.20. The van der Waals surface area contributed by atoms with Crippen molar-refractivity contribution in [2.45, 2.75) is 19.1 Å². The highest BCUT2D eigenvalue weighted by molar-refractivity contribution is 6.02. The lowest BCUT2D eigenvalue weighted by Crippen LogP contribution is -2.27. The molecule has 0 atom stereocenters. The number of benzene rings is 2. The van der Waals surface area contributed by atoms with Crippen LogP contribution in [0.3, 0.4) is 0 Å². The molecule has 1 aliphatic rings. The molecule has 0 unspecified atom stereocenters. The van der Waals surface area contributed by atoms with E-state index in [1.54, 1.807) is 30.3 Å². The van der Waals surface area contributed by atoms with E-state index in [9.17, 15) is 18.0 Å². The standard InChI is InChI=1S/C16H12F3NO/c17-16(18,19)13-8-4-7-12-9-14(21)20(15(12)13)10-11-5-2-1-3-6-11/h1-8H,9-10H2. The molecule has 2 nitrogen and oxygen atoms in total. The van der Waals surface area contributed by atoms with Gasteiger partial charge in [-0.3, -0.25) is 4.79 Å². The highest BCUT2D eigenvalue weighted by atomic mass is 19.4. The van der Waals surface area contributed by atoms with Gasteiger partial charge in [0.2, 0.25) is 5.91 Å². The predicted molar refractivity (Wildman–Crippen MR) is 72.8 cm³/mol. The second-order valence-electron chi connectivity index (χ2n) is 4.95. The van der Waals surface area contributed by atoms with E-state index in [1.165, 1.54) is 11.0 Å². The number of hydrogen-bond donors (Lipinski definition) is 0. The molecule has 2 aromatic rings. The average Bonchev–Trinajstić information content (AvgIpc) is 2.75. The SMILES string of the molecule is O=C1Cc2cccc(C(F)(F)F)c2N1Cc1ccccc1. The summed E-state index contributed by atoms with van der Waals surface area (Å²) in [4.78, 5) is 13.3. The van der Waals surface area contributed by atoms with Crippen LogP contribution in [-0.4, -0.2) is 5.91 Å². The number of rotatable bonds is 2. The predicted octanol–water partition coefficient (Wildman–Crippen LogP) is 3.79. The third-order valence-electron chi connectivity index (χ3n) is 3.52. The number of carbonyl (C=O) groups is 1. The smallest absolute Gasteiger partial charge is 0.307 e. The van der Waals surface area contributed by atoms with Crippen LogP contribution in [-0.2, 0) is 23.9 Å². The summed E-state index contributed by atoms with van der Waals surface area (Å²) in [5.41, 5.74) is 0.488. The van der Waals surface area contributed by atoms with Crippen LogP contribution in [0.2, 0.25) is 0 Å². The minimum atomic E-state index is -4.47. The quantitative estimate of drug-likeness (QED) is 0.824. The average molecular weight is 291 g/mol. The van der Waals surface area contributed by atoms with E-state index in [0.717, 1.165) is 11.6 Å². The van der Waals surface area contributed by atoms with Crippen molar-refractivity contribution in [2.75, 3.05) is 4.90 Å². The second-order valence-corrected chi connectivity index (χ2v) is 4.95. The number of fused-ring (bicyclic) bond motifs is 1. The van der Waals surface area contributed by atoms with Crippen LogP contribution in [0.5, 0.6) is 0 Å². The van der Waals surface area contributed by atoms with E-state index < -0.39 is 11.7 Å². The van der Waals surface area contributed by atoms with Gasteiger partial charge < -0.3 is 4.90 Å². The maximum atomic E-state index is 13.1. The Morgan fingerprint density at radius 2 is 1.71 bits per heavy atom. The molecule has 0 radical (unpaired) electrons. The maximum absolute atomic E-state index is 13.1. The Morgan fingerprint density at radius 3 is 2.38 bits per heavy atom. The van der Waals surface area contributed by atoms with Crippen LogP contribution in [0.1, 0.15) is 16.7 Å². The number of para-hydroxylation sites is 1. The van der Waals surface area contributed by atoms with E-state index in [2.05, 4.69) is 0 Å². The topological polar surface area (TPSA) is 20.3 Å². The fourth-order valence-corrected chi connectivity index (χ4v) is 2.60. The Hall–Kier alpha value is -2.30. The molecule has 1 amide bonds. The fraction of sp³-hybridized carbons (Fsp3) is 0.188. The van der Waals surface area contributed by atoms with Gasteiger partial charge in [-0.1, -0.05) is 42.5 Å². The Balaban J connectivity index is 2.04. The van der Waals surface area contributed by atoms with Gasteiger partial charge in [-0.25, -0.2) is 0 Å². The van der Waals surface area contributed by atoms with E-state index in [0.29, 0.717) is 5.56 Å². The highest BCUT2D eigenvalue weighted by Gasteiger charge is 2.40. The van der Waals surface area contributed by atoms with E-state index in [-0.39, 0.29) is 24.6 Å². The number of nitrogens with zero attached hydrogens (tertiary/aromatic N) is 1. The summed E-state index contributed by atoms with van der Waals surface area (Å²) in [6.07, 6.45) is -4.45. The van der Waals surface area contributed by atoms with Gasteiger partial charge in [-0.05, 0) is 17.2 Å². The molecular weight excluding hydrogens is 279 g/mol. The van der Waals surface area contributed by atoms with Crippen molar-refractivity contribution in [3.8, 4) is 0 Å². The van der Waals surface area contributed by atoms with Crippen molar-refractivity contribution in [3.63, 3.8) is 0 Å². The number of anilines is 1. The van der Waals surface area contributed by atoms with Gasteiger partial charge in [0, 0.05) is 0 Å². The van der Waals surface area contributed by atoms with Gasteiger partial charge in [0.25, 0.3) is 0 Å². The van der Waals surface area contributed by atoms with Crippen molar-refractivity contribution < 1.29 is 18.0 Å². The zero-order valence-electron chi connectivity index (χ0n) is 11.0. The van der Waals surface area contributed by atoms with E-state index in [4.69, 9.17) is 0 Å². The first-order valence-electron chi connectivity index (χ1n) is 6.50.